The quantitative estimate of drug-likeness (QED) is 0.631. The average molecular weight is 357 g/mol. The minimum atomic E-state index is -0.299. The van der Waals surface area contributed by atoms with Crippen molar-refractivity contribution in [3.63, 3.8) is 0 Å². The smallest absolute Gasteiger partial charge is 0.319 e. The lowest BCUT2D eigenvalue weighted by molar-refractivity contribution is 0.189. The lowest BCUT2D eigenvalue weighted by Crippen LogP contribution is -2.32. The maximum atomic E-state index is 12.3. The first-order valence-corrected chi connectivity index (χ1v) is 8.44. The van der Waals surface area contributed by atoms with Crippen molar-refractivity contribution in [2.24, 2.45) is 7.05 Å². The second-order valence-corrected chi connectivity index (χ2v) is 6.09. The summed E-state index contributed by atoms with van der Waals surface area (Å²) < 4.78 is 8.78. The molecule has 1 aromatic carbocycles. The summed E-state index contributed by atoms with van der Waals surface area (Å²) in [6.07, 6.45) is 4.28. The van der Waals surface area contributed by atoms with Gasteiger partial charge < -0.3 is 19.9 Å². The van der Waals surface area contributed by atoms with Crippen molar-refractivity contribution in [2.45, 2.75) is 25.9 Å². The van der Waals surface area contributed by atoms with Crippen molar-refractivity contribution in [1.29, 1.82) is 0 Å². The van der Waals surface area contributed by atoms with E-state index in [0.717, 1.165) is 23.9 Å². The maximum Gasteiger partial charge on any atom is 0.319 e. The van der Waals surface area contributed by atoms with E-state index in [2.05, 4.69) is 25.9 Å². The van der Waals surface area contributed by atoms with Crippen LogP contribution in [0.5, 0.6) is 0 Å². The molecule has 1 atom stereocenters. The Morgan fingerprint density at radius 3 is 3.04 bits per heavy atom. The van der Waals surface area contributed by atoms with Crippen molar-refractivity contribution in [3.05, 3.63) is 36.5 Å². The van der Waals surface area contributed by atoms with Crippen LogP contribution >= 0.6 is 0 Å². The van der Waals surface area contributed by atoms with E-state index in [0.29, 0.717) is 18.1 Å². The van der Waals surface area contributed by atoms with Crippen LogP contribution in [-0.2, 0) is 18.3 Å². The van der Waals surface area contributed by atoms with Gasteiger partial charge in [0.1, 0.15) is 6.33 Å². The lowest BCUT2D eigenvalue weighted by Gasteiger charge is -2.15. The molecule has 0 aliphatic rings. The minimum absolute atomic E-state index is 0.276. The summed E-state index contributed by atoms with van der Waals surface area (Å²) in [5.74, 6) is 0.707. The molecule has 9 nitrogen and oxygen atoms in total. The molecule has 3 rings (SSSR count). The molecule has 0 aliphatic heterocycles. The third-order valence-electron chi connectivity index (χ3n) is 4.13. The van der Waals surface area contributed by atoms with Crippen LogP contribution in [-0.4, -0.2) is 44.3 Å². The van der Waals surface area contributed by atoms with E-state index in [1.807, 2.05) is 36.7 Å². The van der Waals surface area contributed by atoms with E-state index >= 15 is 0 Å². The molecule has 26 heavy (non-hydrogen) atoms. The lowest BCUT2D eigenvalue weighted by atomic mass is 10.2. The molecule has 0 saturated heterocycles. The molecular weight excluding hydrogens is 334 g/mol. The van der Waals surface area contributed by atoms with E-state index in [1.165, 1.54) is 0 Å². The van der Waals surface area contributed by atoms with Gasteiger partial charge in [-0.25, -0.2) is 4.79 Å². The van der Waals surface area contributed by atoms with Crippen molar-refractivity contribution in [3.8, 4) is 0 Å². The van der Waals surface area contributed by atoms with Crippen LogP contribution in [0.3, 0.4) is 0 Å². The zero-order valence-corrected chi connectivity index (χ0v) is 15.1. The van der Waals surface area contributed by atoms with Crippen molar-refractivity contribution >= 4 is 22.6 Å². The molecule has 0 fully saturated rings. The second kappa shape index (κ2) is 7.96. The van der Waals surface area contributed by atoms with E-state index in [1.54, 1.807) is 24.3 Å². The maximum absolute atomic E-state index is 12.3. The number of anilines is 1. The Balaban J connectivity index is 1.61. The Bertz CT molecular complexity index is 886. The van der Waals surface area contributed by atoms with Gasteiger partial charge in [0, 0.05) is 38.4 Å². The van der Waals surface area contributed by atoms with Gasteiger partial charge in [-0.3, -0.25) is 4.68 Å². The normalized spacial score (nSPS) is 12.3. The van der Waals surface area contributed by atoms with Crippen LogP contribution in [0.4, 0.5) is 10.5 Å². The number of aromatic nitrogens is 5. The number of ether oxygens (including phenoxy) is 1. The Morgan fingerprint density at radius 2 is 2.23 bits per heavy atom. The number of carbonyl (C=O) groups is 1. The number of benzene rings is 1. The summed E-state index contributed by atoms with van der Waals surface area (Å²) in [7, 11) is 3.55. The van der Waals surface area contributed by atoms with E-state index in [9.17, 15) is 4.79 Å². The molecule has 0 radical (unpaired) electrons. The number of aryl methyl sites for hydroxylation is 2. The third-order valence-corrected chi connectivity index (χ3v) is 4.13. The zero-order chi connectivity index (χ0) is 18.5. The van der Waals surface area contributed by atoms with Gasteiger partial charge >= 0.3 is 6.03 Å². The second-order valence-electron chi connectivity index (χ2n) is 6.09. The molecule has 0 unspecified atom stereocenters. The van der Waals surface area contributed by atoms with Crippen molar-refractivity contribution in [2.75, 3.05) is 19.0 Å². The van der Waals surface area contributed by atoms with Crippen LogP contribution in [0.1, 0.15) is 25.2 Å². The summed E-state index contributed by atoms with van der Waals surface area (Å²) in [5, 5.41) is 19.0. The van der Waals surface area contributed by atoms with Gasteiger partial charge in [-0.2, -0.15) is 5.10 Å². The van der Waals surface area contributed by atoms with E-state index in [4.69, 9.17) is 4.74 Å². The van der Waals surface area contributed by atoms with E-state index in [-0.39, 0.29) is 12.1 Å². The van der Waals surface area contributed by atoms with Crippen LogP contribution in [0.15, 0.2) is 30.7 Å². The van der Waals surface area contributed by atoms with Gasteiger partial charge in [-0.15, -0.1) is 10.2 Å². The van der Waals surface area contributed by atoms with Gasteiger partial charge in [0.25, 0.3) is 0 Å². The van der Waals surface area contributed by atoms with Gasteiger partial charge in [0.05, 0.1) is 17.8 Å². The number of fused-ring (bicyclic) bond motifs is 1. The molecule has 9 heteroatoms. The molecule has 0 aliphatic carbocycles. The first-order chi connectivity index (χ1) is 12.6. The fourth-order valence-electron chi connectivity index (χ4n) is 2.82. The number of rotatable bonds is 7. The number of nitrogens with zero attached hydrogens (tertiary/aromatic N) is 5. The number of nitrogens with one attached hydrogen (secondary N) is 2. The number of amides is 2. The molecule has 0 bridgehead atoms. The van der Waals surface area contributed by atoms with E-state index < -0.39 is 0 Å². The highest BCUT2D eigenvalue weighted by molar-refractivity contribution is 5.92. The van der Waals surface area contributed by atoms with Crippen LogP contribution < -0.4 is 10.6 Å². The van der Waals surface area contributed by atoms with Gasteiger partial charge in [-0.1, -0.05) is 0 Å². The van der Waals surface area contributed by atoms with Gasteiger partial charge in [0.2, 0.25) is 0 Å². The first-order valence-electron chi connectivity index (χ1n) is 8.44. The summed E-state index contributed by atoms with van der Waals surface area (Å²) >= 11 is 0. The monoisotopic (exact) mass is 357 g/mol. The van der Waals surface area contributed by atoms with Gasteiger partial charge in [-0.05, 0) is 31.5 Å². The fourth-order valence-corrected chi connectivity index (χ4v) is 2.82. The summed E-state index contributed by atoms with van der Waals surface area (Å²) in [5.41, 5.74) is 1.71. The largest absolute Gasteiger partial charge is 0.385 e. The molecule has 0 saturated carbocycles. The average Bonchev–Trinajstić information content (AvgIpc) is 3.22. The standard InChI is InChI=1S/C17H23N7O2/c1-12(16-22-18-11-24(16)7-4-8-26-3)20-17(25)21-14-5-6-15-13(9-14)10-19-23(15)2/h5-6,9-12H,4,7-8H2,1-3H3,(H2,20,21,25)/t12-/m1/s1. The number of carbonyl (C=O) groups excluding carboxylic acids is 1. The molecule has 2 N–H and O–H groups in total. The molecule has 138 valence electrons. The molecule has 0 spiro atoms. The number of hydrogen-bond donors (Lipinski definition) is 2. The summed E-state index contributed by atoms with van der Waals surface area (Å²) in [6, 6.07) is 5.09. The van der Waals surface area contributed by atoms with Crippen LogP contribution in [0, 0.1) is 0 Å². The van der Waals surface area contributed by atoms with Crippen molar-refractivity contribution < 1.29 is 9.53 Å². The highest BCUT2D eigenvalue weighted by Gasteiger charge is 2.16. The third kappa shape index (κ3) is 3.99. The number of methoxy groups -OCH3 is 1. The zero-order valence-electron chi connectivity index (χ0n) is 15.1. The SMILES string of the molecule is COCCCn1cnnc1[C@@H](C)NC(=O)Nc1ccc2c(cnn2C)c1. The molecule has 2 aromatic heterocycles. The number of urea groups is 1. The van der Waals surface area contributed by atoms with Crippen LogP contribution in [0.25, 0.3) is 10.9 Å². The van der Waals surface area contributed by atoms with Crippen molar-refractivity contribution in [1.82, 2.24) is 29.9 Å². The predicted molar refractivity (Wildman–Crippen MR) is 97.8 cm³/mol. The van der Waals surface area contributed by atoms with Gasteiger partial charge in [0.15, 0.2) is 5.82 Å². The fraction of sp³-hybridized carbons (Fsp3) is 0.412. The number of hydrogen-bond acceptors (Lipinski definition) is 5. The summed E-state index contributed by atoms with van der Waals surface area (Å²) in [6.45, 7) is 3.28. The Morgan fingerprint density at radius 1 is 1.38 bits per heavy atom. The minimum Gasteiger partial charge on any atom is -0.385 e. The molecule has 2 heterocycles. The molecular formula is C17H23N7O2. The highest BCUT2D eigenvalue weighted by atomic mass is 16.5. The highest BCUT2D eigenvalue weighted by Crippen LogP contribution is 2.18. The molecule has 2 amide bonds. The summed E-state index contributed by atoms with van der Waals surface area (Å²) in [4.78, 5) is 12.3. The Labute approximate surface area is 151 Å². The predicted octanol–water partition coefficient (Wildman–Crippen LogP) is 2.08. The van der Waals surface area contributed by atoms with Crippen LogP contribution in [0.2, 0.25) is 0 Å². The Kier molecular flexibility index (Phi) is 5.47. The molecule has 3 aromatic rings. The Hall–Kier alpha value is -2.94. The first kappa shape index (κ1) is 17.9. The topological polar surface area (TPSA) is 98.9 Å².